The van der Waals surface area contributed by atoms with E-state index < -0.39 is 0 Å². The van der Waals surface area contributed by atoms with Crippen LogP contribution in [0.2, 0.25) is 0 Å². The Morgan fingerprint density at radius 2 is 1.11 bits per heavy atom. The molecule has 0 saturated carbocycles. The van der Waals surface area contributed by atoms with Crippen LogP contribution >= 0.6 is 0 Å². The Kier molecular flexibility index (Phi) is 5.26. The molecule has 0 N–H and O–H groups in total. The van der Waals surface area contributed by atoms with Gasteiger partial charge in [-0.1, -0.05) is 115 Å². The summed E-state index contributed by atoms with van der Waals surface area (Å²) >= 11 is 0. The average molecular weight is 489 g/mol. The lowest BCUT2D eigenvalue weighted by atomic mass is 9.96. The maximum absolute atomic E-state index is 2.45. The van der Waals surface area contributed by atoms with Crippen LogP contribution in [0.5, 0.6) is 0 Å². The zero-order valence-electron chi connectivity index (χ0n) is 21.6. The van der Waals surface area contributed by atoms with Gasteiger partial charge in [-0.3, -0.25) is 0 Å². The molecule has 0 spiro atoms. The van der Waals surface area contributed by atoms with Crippen molar-refractivity contribution in [1.82, 2.24) is 4.57 Å². The third kappa shape index (κ3) is 3.49. The molecule has 0 fully saturated rings. The fourth-order valence-corrected chi connectivity index (χ4v) is 5.86. The van der Waals surface area contributed by atoms with Crippen LogP contribution in [-0.2, 0) is 0 Å². The number of nitrogens with zero attached hydrogens (tertiary/aromatic N) is 2. The first-order valence-corrected chi connectivity index (χ1v) is 13.1. The van der Waals surface area contributed by atoms with Gasteiger partial charge in [-0.15, -0.1) is 0 Å². The molecule has 0 atom stereocenters. The van der Waals surface area contributed by atoms with Crippen LogP contribution in [0.1, 0.15) is 0 Å². The second-order valence-corrected chi connectivity index (χ2v) is 10.0. The van der Waals surface area contributed by atoms with Gasteiger partial charge in [-0.05, 0) is 40.3 Å². The Balaban J connectivity index is 1.59. The van der Waals surface area contributed by atoms with Gasteiger partial charge in [-0.25, -0.2) is 0 Å². The van der Waals surface area contributed by atoms with Crippen LogP contribution in [0.4, 0.5) is 5.69 Å². The van der Waals surface area contributed by atoms with E-state index in [1.54, 1.807) is 0 Å². The molecule has 1 aromatic heterocycles. The number of fused-ring (bicyclic) bond motifs is 5. The molecule has 0 aliphatic heterocycles. The minimum atomic E-state index is 1.17. The van der Waals surface area contributed by atoms with Gasteiger partial charge >= 0.3 is 0 Å². The molecule has 2 heteroatoms. The van der Waals surface area contributed by atoms with Crippen LogP contribution in [0.25, 0.3) is 60.5 Å². The highest BCUT2D eigenvalue weighted by Gasteiger charge is 2.20. The Hall–Kier alpha value is -4.82. The number of benzene rings is 6. The number of hydrogen-bond acceptors (Lipinski definition) is 1. The van der Waals surface area contributed by atoms with Crippen molar-refractivity contribution in [2.75, 3.05) is 19.0 Å². The number of para-hydroxylation sites is 1. The van der Waals surface area contributed by atoms with Gasteiger partial charge in [0.1, 0.15) is 0 Å². The topological polar surface area (TPSA) is 8.17 Å². The maximum atomic E-state index is 2.45. The fourth-order valence-electron chi connectivity index (χ4n) is 5.86. The lowest BCUT2D eigenvalue weighted by Crippen LogP contribution is -2.11. The van der Waals surface area contributed by atoms with Gasteiger partial charge in [0.25, 0.3) is 0 Å². The van der Waals surface area contributed by atoms with E-state index >= 15 is 0 Å². The largest absolute Gasteiger partial charge is 0.377 e. The van der Waals surface area contributed by atoms with Gasteiger partial charge in [0.05, 0.1) is 16.7 Å². The van der Waals surface area contributed by atoms with E-state index in [1.165, 1.54) is 66.2 Å². The summed E-state index contributed by atoms with van der Waals surface area (Å²) in [6, 6.07) is 48.1. The normalized spacial score (nSPS) is 11.4. The van der Waals surface area contributed by atoms with E-state index in [1.807, 2.05) is 0 Å². The quantitative estimate of drug-likeness (QED) is 0.240. The average Bonchev–Trinajstić information content (AvgIpc) is 3.32. The summed E-state index contributed by atoms with van der Waals surface area (Å²) in [6.07, 6.45) is 0. The summed E-state index contributed by atoms with van der Waals surface area (Å²) in [7, 11) is 4.31. The third-order valence-electron chi connectivity index (χ3n) is 7.56. The van der Waals surface area contributed by atoms with Gasteiger partial charge in [0.2, 0.25) is 0 Å². The van der Waals surface area contributed by atoms with Gasteiger partial charge in [-0.2, -0.15) is 0 Å². The molecule has 0 aliphatic rings. The molecule has 7 aromatic rings. The summed E-state index contributed by atoms with van der Waals surface area (Å²) in [6.45, 7) is 0. The van der Waals surface area contributed by atoms with E-state index in [0.717, 1.165) is 0 Å². The van der Waals surface area contributed by atoms with Crippen molar-refractivity contribution in [3.05, 3.63) is 133 Å². The van der Waals surface area contributed by atoms with Crippen LogP contribution < -0.4 is 4.90 Å². The minimum Gasteiger partial charge on any atom is -0.377 e. The summed E-state index contributed by atoms with van der Waals surface area (Å²) in [5.41, 5.74) is 9.80. The Labute approximate surface area is 223 Å². The highest BCUT2D eigenvalue weighted by atomic mass is 15.1. The van der Waals surface area contributed by atoms with E-state index in [2.05, 4.69) is 157 Å². The van der Waals surface area contributed by atoms with Crippen LogP contribution in [-0.4, -0.2) is 18.7 Å². The van der Waals surface area contributed by atoms with Crippen molar-refractivity contribution in [3.63, 3.8) is 0 Å². The molecule has 38 heavy (non-hydrogen) atoms. The van der Waals surface area contributed by atoms with Crippen molar-refractivity contribution in [1.29, 1.82) is 0 Å². The molecular formula is C36H28N2. The molecular weight excluding hydrogens is 460 g/mol. The molecule has 0 aliphatic carbocycles. The molecule has 1 heterocycles. The zero-order valence-corrected chi connectivity index (χ0v) is 21.6. The fraction of sp³-hybridized carbons (Fsp3) is 0.0556. The second-order valence-electron chi connectivity index (χ2n) is 10.0. The molecule has 0 unspecified atom stereocenters. The second kappa shape index (κ2) is 8.93. The number of rotatable bonds is 4. The van der Waals surface area contributed by atoms with Gasteiger partial charge in [0, 0.05) is 41.5 Å². The highest BCUT2D eigenvalue weighted by molar-refractivity contribution is 6.23. The first kappa shape index (κ1) is 22.4. The molecule has 0 radical (unpaired) electrons. The molecule has 0 amide bonds. The van der Waals surface area contributed by atoms with Gasteiger partial charge < -0.3 is 9.47 Å². The first-order valence-electron chi connectivity index (χ1n) is 13.1. The number of hydrogen-bond donors (Lipinski definition) is 0. The number of aromatic nitrogens is 1. The maximum Gasteiger partial charge on any atom is 0.0640 e. The van der Waals surface area contributed by atoms with Crippen molar-refractivity contribution in [3.8, 4) is 27.9 Å². The predicted octanol–water partition coefficient (Wildman–Crippen LogP) is 9.34. The molecule has 2 nitrogen and oxygen atoms in total. The van der Waals surface area contributed by atoms with Gasteiger partial charge in [0.15, 0.2) is 0 Å². The summed E-state index contributed by atoms with van der Waals surface area (Å²) < 4.78 is 2.45. The highest BCUT2D eigenvalue weighted by Crippen LogP contribution is 2.44. The number of anilines is 1. The summed E-state index contributed by atoms with van der Waals surface area (Å²) in [5, 5.41) is 5.06. The zero-order chi connectivity index (χ0) is 25.6. The summed E-state index contributed by atoms with van der Waals surface area (Å²) in [4.78, 5) is 2.27. The predicted molar refractivity (Wildman–Crippen MR) is 163 cm³/mol. The van der Waals surface area contributed by atoms with Crippen molar-refractivity contribution in [2.24, 2.45) is 0 Å². The molecule has 7 rings (SSSR count). The minimum absolute atomic E-state index is 1.17. The molecule has 0 saturated heterocycles. The van der Waals surface area contributed by atoms with E-state index in [0.29, 0.717) is 0 Å². The summed E-state index contributed by atoms with van der Waals surface area (Å²) in [5.74, 6) is 0. The van der Waals surface area contributed by atoms with Crippen molar-refractivity contribution < 1.29 is 0 Å². The van der Waals surface area contributed by atoms with E-state index in [4.69, 9.17) is 0 Å². The Bertz CT molecular complexity index is 1910. The third-order valence-corrected chi connectivity index (χ3v) is 7.56. The lowest BCUT2D eigenvalue weighted by Gasteiger charge is -2.22. The SMILES string of the molecule is CN(C)c1c(-c2ccccc2)ccc2ccc3c4ccccc4n(-c4ccc(-c5ccccc5)cc4)c3c12. The van der Waals surface area contributed by atoms with E-state index in [9.17, 15) is 0 Å². The molecule has 182 valence electrons. The lowest BCUT2D eigenvalue weighted by molar-refractivity contribution is 1.14. The van der Waals surface area contributed by atoms with Crippen LogP contribution in [0.15, 0.2) is 133 Å². The molecule has 0 bridgehead atoms. The Morgan fingerprint density at radius 3 is 1.82 bits per heavy atom. The van der Waals surface area contributed by atoms with Crippen LogP contribution in [0.3, 0.4) is 0 Å². The smallest absolute Gasteiger partial charge is 0.0640 e. The van der Waals surface area contributed by atoms with Crippen molar-refractivity contribution >= 4 is 38.3 Å². The molecule has 6 aromatic carbocycles. The first-order chi connectivity index (χ1) is 18.7. The monoisotopic (exact) mass is 488 g/mol. The van der Waals surface area contributed by atoms with E-state index in [-0.39, 0.29) is 0 Å². The Morgan fingerprint density at radius 1 is 0.500 bits per heavy atom. The van der Waals surface area contributed by atoms with Crippen molar-refractivity contribution in [2.45, 2.75) is 0 Å². The van der Waals surface area contributed by atoms with Crippen LogP contribution in [0, 0.1) is 0 Å². The standard InChI is InChI=1S/C36H28N2/c1-37(2)35-30(27-13-7-4-8-14-27)23-19-28-20-24-32-31-15-9-10-16-33(31)38(36(32)34(28)35)29-21-17-26(18-22-29)25-11-5-3-6-12-25/h3-24H,1-2H3.